The summed E-state index contributed by atoms with van der Waals surface area (Å²) in [6.07, 6.45) is 0. The average molecular weight is 568 g/mol. The number of hydrogen-bond donors (Lipinski definition) is 0. The predicted molar refractivity (Wildman–Crippen MR) is 184 cm³/mol. The zero-order valence-corrected chi connectivity index (χ0v) is 24.0. The number of rotatable bonds is 4. The van der Waals surface area contributed by atoms with Crippen LogP contribution in [-0.2, 0) is 0 Å². The lowest BCUT2D eigenvalue weighted by Crippen LogP contribution is -2.12. The molecule has 7 aromatic carbocycles. The summed E-state index contributed by atoms with van der Waals surface area (Å²) in [5.74, 6) is 0. The molecule has 0 amide bonds. The molecule has 0 spiro atoms. The fourth-order valence-corrected chi connectivity index (χ4v) is 7.72. The minimum atomic E-state index is 0.905. The van der Waals surface area contributed by atoms with Gasteiger partial charge in [0.25, 0.3) is 0 Å². The Morgan fingerprint density at radius 3 is 1.98 bits per heavy atom. The zero-order valence-electron chi connectivity index (χ0n) is 23.2. The summed E-state index contributed by atoms with van der Waals surface area (Å²) < 4.78 is 9.13. The molecular weight excluding hydrogens is 543 g/mol. The Morgan fingerprint density at radius 2 is 1.02 bits per heavy atom. The van der Waals surface area contributed by atoms with Crippen LogP contribution in [0.5, 0.6) is 0 Å². The van der Waals surface area contributed by atoms with E-state index in [0.717, 1.165) is 50.1 Å². The molecule has 0 bridgehead atoms. The molecule has 2 heterocycles. The molecule has 2 aromatic heterocycles. The number of anilines is 3. The van der Waals surface area contributed by atoms with Crippen molar-refractivity contribution in [2.24, 2.45) is 0 Å². The second-order valence-electron chi connectivity index (χ2n) is 10.9. The molecule has 0 atom stereocenters. The zero-order chi connectivity index (χ0) is 28.3. The van der Waals surface area contributed by atoms with Crippen molar-refractivity contribution in [1.82, 2.24) is 0 Å². The molecule has 43 heavy (non-hydrogen) atoms. The van der Waals surface area contributed by atoms with E-state index in [2.05, 4.69) is 150 Å². The summed E-state index contributed by atoms with van der Waals surface area (Å²) in [5.41, 5.74) is 7.43. The number of thiophene rings is 1. The number of fused-ring (bicyclic) bond motifs is 7. The van der Waals surface area contributed by atoms with E-state index in [9.17, 15) is 0 Å². The Bertz CT molecular complexity index is 2480. The summed E-state index contributed by atoms with van der Waals surface area (Å²) in [6.45, 7) is 0. The first-order chi connectivity index (χ1) is 21.3. The van der Waals surface area contributed by atoms with Gasteiger partial charge in [0, 0.05) is 47.5 Å². The molecule has 0 saturated heterocycles. The monoisotopic (exact) mass is 567 g/mol. The van der Waals surface area contributed by atoms with Crippen molar-refractivity contribution in [2.45, 2.75) is 0 Å². The topological polar surface area (TPSA) is 16.4 Å². The Balaban J connectivity index is 1.40. The summed E-state index contributed by atoms with van der Waals surface area (Å²) in [7, 11) is 0. The largest absolute Gasteiger partial charge is 0.455 e. The van der Waals surface area contributed by atoms with Crippen LogP contribution in [0.25, 0.3) is 64.0 Å². The van der Waals surface area contributed by atoms with Gasteiger partial charge in [-0.05, 0) is 41.8 Å². The standard InChI is InChI=1S/C40H25NOS/c1-2-14-27-26(12-1)13-9-21-33(27)41(35-22-11-25-38-39(35)32-17-5-8-24-37(32)43-38)34-20-6-3-15-28(34)30-18-10-19-31-29-16-4-7-23-36(29)42-40(30)31/h1-25H. The van der Waals surface area contributed by atoms with Crippen LogP contribution in [0, 0.1) is 0 Å². The predicted octanol–water partition coefficient (Wildman–Crippen LogP) is 12.2. The highest BCUT2D eigenvalue weighted by Gasteiger charge is 2.23. The van der Waals surface area contributed by atoms with E-state index in [0.29, 0.717) is 0 Å². The molecule has 2 nitrogen and oxygen atoms in total. The average Bonchev–Trinajstić information content (AvgIpc) is 3.64. The van der Waals surface area contributed by atoms with Gasteiger partial charge in [-0.15, -0.1) is 11.3 Å². The summed E-state index contributed by atoms with van der Waals surface area (Å²) in [5, 5.41) is 7.23. The quantitative estimate of drug-likeness (QED) is 0.210. The van der Waals surface area contributed by atoms with E-state index in [1.807, 2.05) is 17.4 Å². The molecule has 0 aliphatic rings. The van der Waals surface area contributed by atoms with Gasteiger partial charge in [0.1, 0.15) is 11.2 Å². The van der Waals surface area contributed by atoms with E-state index in [1.54, 1.807) is 0 Å². The van der Waals surface area contributed by atoms with Crippen molar-refractivity contribution in [3.8, 4) is 11.1 Å². The van der Waals surface area contributed by atoms with Gasteiger partial charge in [0.15, 0.2) is 0 Å². The normalized spacial score (nSPS) is 11.7. The lowest BCUT2D eigenvalue weighted by molar-refractivity contribution is 0.670. The van der Waals surface area contributed by atoms with Gasteiger partial charge < -0.3 is 9.32 Å². The van der Waals surface area contributed by atoms with Crippen LogP contribution in [0.2, 0.25) is 0 Å². The van der Waals surface area contributed by atoms with Gasteiger partial charge in [0.05, 0.1) is 17.1 Å². The highest BCUT2D eigenvalue weighted by molar-refractivity contribution is 7.26. The molecular formula is C40H25NOS. The van der Waals surface area contributed by atoms with Crippen LogP contribution in [0.3, 0.4) is 0 Å². The third-order valence-electron chi connectivity index (χ3n) is 8.47. The van der Waals surface area contributed by atoms with Crippen LogP contribution >= 0.6 is 11.3 Å². The number of hydrogen-bond acceptors (Lipinski definition) is 3. The van der Waals surface area contributed by atoms with Gasteiger partial charge in [-0.3, -0.25) is 0 Å². The first-order valence-corrected chi connectivity index (χ1v) is 15.3. The van der Waals surface area contributed by atoms with Crippen LogP contribution in [0.15, 0.2) is 156 Å². The molecule has 0 radical (unpaired) electrons. The summed E-state index contributed by atoms with van der Waals surface area (Å²) in [6, 6.07) is 54.2. The third kappa shape index (κ3) is 3.72. The Hall–Kier alpha value is -5.38. The summed E-state index contributed by atoms with van der Waals surface area (Å²) >= 11 is 1.85. The molecule has 9 aromatic rings. The minimum Gasteiger partial charge on any atom is -0.455 e. The van der Waals surface area contributed by atoms with Crippen molar-refractivity contribution in [3.05, 3.63) is 152 Å². The molecule has 9 rings (SSSR count). The van der Waals surface area contributed by atoms with Gasteiger partial charge in [-0.25, -0.2) is 0 Å². The van der Waals surface area contributed by atoms with Gasteiger partial charge in [-0.2, -0.15) is 0 Å². The fraction of sp³-hybridized carbons (Fsp3) is 0. The fourth-order valence-electron chi connectivity index (χ4n) is 6.59. The number of para-hydroxylation sites is 3. The third-order valence-corrected chi connectivity index (χ3v) is 9.60. The van der Waals surface area contributed by atoms with E-state index in [-0.39, 0.29) is 0 Å². The molecule has 0 unspecified atom stereocenters. The Morgan fingerprint density at radius 1 is 0.419 bits per heavy atom. The first-order valence-electron chi connectivity index (χ1n) is 14.5. The van der Waals surface area contributed by atoms with Crippen LogP contribution in [0.4, 0.5) is 17.1 Å². The van der Waals surface area contributed by atoms with Crippen molar-refractivity contribution < 1.29 is 4.42 Å². The Labute approximate surface area is 252 Å². The SMILES string of the molecule is c1ccc(N(c2cccc3ccccc23)c2cccc3sc4ccccc4c23)c(-c2cccc3c2oc2ccccc23)c1. The highest BCUT2D eigenvalue weighted by atomic mass is 32.1. The molecule has 202 valence electrons. The summed E-state index contributed by atoms with van der Waals surface area (Å²) in [4.78, 5) is 2.46. The van der Waals surface area contributed by atoms with E-state index in [4.69, 9.17) is 4.42 Å². The number of benzene rings is 7. The van der Waals surface area contributed by atoms with Crippen molar-refractivity contribution in [1.29, 1.82) is 0 Å². The van der Waals surface area contributed by atoms with Crippen LogP contribution < -0.4 is 4.90 Å². The van der Waals surface area contributed by atoms with E-state index < -0.39 is 0 Å². The molecule has 0 aliphatic heterocycles. The van der Waals surface area contributed by atoms with Gasteiger partial charge in [0.2, 0.25) is 0 Å². The highest BCUT2D eigenvalue weighted by Crippen LogP contribution is 2.49. The van der Waals surface area contributed by atoms with Crippen molar-refractivity contribution in [3.63, 3.8) is 0 Å². The lowest BCUT2D eigenvalue weighted by Gasteiger charge is -2.29. The first kappa shape index (κ1) is 24.2. The smallest absolute Gasteiger partial charge is 0.143 e. The molecule has 0 fully saturated rings. The van der Waals surface area contributed by atoms with Crippen LogP contribution in [0.1, 0.15) is 0 Å². The molecule has 0 aliphatic carbocycles. The van der Waals surface area contributed by atoms with Crippen molar-refractivity contribution in [2.75, 3.05) is 4.90 Å². The van der Waals surface area contributed by atoms with Crippen molar-refractivity contribution >= 4 is 81.3 Å². The lowest BCUT2D eigenvalue weighted by atomic mass is 9.98. The maximum atomic E-state index is 6.55. The van der Waals surface area contributed by atoms with E-state index >= 15 is 0 Å². The molecule has 3 heteroatoms. The minimum absolute atomic E-state index is 0.905. The number of nitrogens with zero attached hydrogens (tertiary/aromatic N) is 1. The molecule has 0 saturated carbocycles. The Kier molecular flexibility index (Phi) is 5.40. The second-order valence-corrected chi connectivity index (χ2v) is 12.0. The van der Waals surface area contributed by atoms with E-state index in [1.165, 1.54) is 30.9 Å². The second kappa shape index (κ2) is 9.59. The van der Waals surface area contributed by atoms with Gasteiger partial charge in [-0.1, -0.05) is 115 Å². The number of furan rings is 1. The molecule has 0 N–H and O–H groups in total. The maximum absolute atomic E-state index is 6.55. The maximum Gasteiger partial charge on any atom is 0.143 e. The van der Waals surface area contributed by atoms with Gasteiger partial charge >= 0.3 is 0 Å². The van der Waals surface area contributed by atoms with Crippen LogP contribution in [-0.4, -0.2) is 0 Å².